The lowest BCUT2D eigenvalue weighted by atomic mass is 10.2. The molecule has 0 spiro atoms. The molecule has 0 bridgehead atoms. The van der Waals surface area contributed by atoms with Gasteiger partial charge in [0.15, 0.2) is 0 Å². The Kier molecular flexibility index (Phi) is 3.94. The molecule has 110 valence electrons. The van der Waals surface area contributed by atoms with Crippen LogP contribution in [-0.2, 0) is 0 Å². The van der Waals surface area contributed by atoms with Gasteiger partial charge in [-0.1, -0.05) is 19.1 Å². The van der Waals surface area contributed by atoms with Crippen LogP contribution in [0.2, 0.25) is 5.28 Å². The van der Waals surface area contributed by atoms with Crippen LogP contribution in [0.15, 0.2) is 42.3 Å². The molecule has 1 aromatic heterocycles. The minimum Gasteiger partial charge on any atom is -0.339 e. The van der Waals surface area contributed by atoms with Crippen LogP contribution in [0.3, 0.4) is 0 Å². The number of nitrogens with one attached hydrogen (secondary N) is 1. The number of benzene rings is 1. The largest absolute Gasteiger partial charge is 0.339 e. The quantitative estimate of drug-likeness (QED) is 0.692. The summed E-state index contributed by atoms with van der Waals surface area (Å²) < 4.78 is 0. The smallest absolute Gasteiger partial charge is 0.222 e. The molecule has 0 saturated heterocycles. The third-order valence-electron chi connectivity index (χ3n) is 3.40. The van der Waals surface area contributed by atoms with Crippen LogP contribution < -0.4 is 10.2 Å². The second-order valence-electron chi connectivity index (χ2n) is 4.84. The minimum absolute atomic E-state index is 0.128. The highest BCUT2D eigenvalue weighted by Gasteiger charge is 2.26. The normalized spacial score (nSPS) is 15.0. The lowest BCUT2D eigenvalue weighted by molar-refractivity contribution is 0.868. The molecule has 5 nitrogen and oxygen atoms in total. The van der Waals surface area contributed by atoms with Crippen molar-refractivity contribution in [1.82, 2.24) is 9.97 Å². The van der Waals surface area contributed by atoms with Crippen molar-refractivity contribution in [3.8, 4) is 6.07 Å². The Bertz CT molecular complexity index is 778. The fourth-order valence-corrected chi connectivity index (χ4v) is 2.64. The first kappa shape index (κ1) is 14.4. The molecule has 0 amide bonds. The summed E-state index contributed by atoms with van der Waals surface area (Å²) in [6, 6.07) is 11.9. The fraction of sp³-hybridized carbons (Fsp3) is 0.188. The summed E-state index contributed by atoms with van der Waals surface area (Å²) in [5.41, 5.74) is 3.01. The van der Waals surface area contributed by atoms with E-state index < -0.39 is 0 Å². The highest BCUT2D eigenvalue weighted by atomic mass is 35.5. The highest BCUT2D eigenvalue weighted by Crippen LogP contribution is 2.38. The Balaban J connectivity index is 2.14. The number of halogens is 1. The number of fused-ring (bicyclic) bond motifs is 1. The number of hydrogen-bond acceptors (Lipinski definition) is 5. The van der Waals surface area contributed by atoms with E-state index in [9.17, 15) is 5.26 Å². The Labute approximate surface area is 133 Å². The number of anilines is 2. The first-order valence-corrected chi connectivity index (χ1v) is 7.39. The van der Waals surface area contributed by atoms with E-state index in [1.165, 1.54) is 0 Å². The zero-order valence-electron chi connectivity index (χ0n) is 12.0. The molecule has 6 heteroatoms. The van der Waals surface area contributed by atoms with Gasteiger partial charge in [-0.2, -0.15) is 5.26 Å². The van der Waals surface area contributed by atoms with Gasteiger partial charge in [-0.25, -0.2) is 9.97 Å². The number of nitriles is 1. The monoisotopic (exact) mass is 311 g/mol. The number of aromatic nitrogens is 2. The number of hydrogen-bond donors (Lipinski definition) is 1. The van der Waals surface area contributed by atoms with Crippen molar-refractivity contribution in [2.45, 2.75) is 13.3 Å². The van der Waals surface area contributed by atoms with Crippen LogP contribution in [0.25, 0.3) is 5.57 Å². The summed E-state index contributed by atoms with van der Waals surface area (Å²) in [5, 5.41) is 13.1. The van der Waals surface area contributed by atoms with Crippen molar-refractivity contribution in [3.63, 3.8) is 0 Å². The molecule has 0 atom stereocenters. The minimum atomic E-state index is 0.128. The van der Waals surface area contributed by atoms with Crippen LogP contribution >= 0.6 is 11.6 Å². The fourth-order valence-electron chi connectivity index (χ4n) is 2.49. The Morgan fingerprint density at radius 1 is 1.36 bits per heavy atom. The van der Waals surface area contributed by atoms with E-state index in [4.69, 9.17) is 11.6 Å². The van der Waals surface area contributed by atoms with E-state index in [1.54, 1.807) is 12.3 Å². The Morgan fingerprint density at radius 3 is 2.91 bits per heavy atom. The maximum Gasteiger partial charge on any atom is 0.222 e. The topological polar surface area (TPSA) is 64.8 Å². The lowest BCUT2D eigenvalue weighted by Crippen LogP contribution is -2.23. The lowest BCUT2D eigenvalue weighted by Gasteiger charge is -2.20. The number of rotatable bonds is 3. The number of para-hydroxylation sites is 2. The van der Waals surface area contributed by atoms with Crippen molar-refractivity contribution >= 4 is 28.5 Å². The van der Waals surface area contributed by atoms with Gasteiger partial charge in [0.05, 0.1) is 17.1 Å². The molecule has 1 aliphatic rings. The highest BCUT2D eigenvalue weighted by molar-refractivity contribution is 6.28. The molecule has 22 heavy (non-hydrogen) atoms. The van der Waals surface area contributed by atoms with Crippen molar-refractivity contribution in [3.05, 3.63) is 53.3 Å². The average molecular weight is 312 g/mol. The molecule has 1 aromatic carbocycles. The summed E-state index contributed by atoms with van der Waals surface area (Å²) in [4.78, 5) is 10.1. The van der Waals surface area contributed by atoms with Crippen molar-refractivity contribution in [2.24, 2.45) is 0 Å². The summed E-state index contributed by atoms with van der Waals surface area (Å²) in [6.45, 7) is 2.91. The summed E-state index contributed by atoms with van der Waals surface area (Å²) in [6.07, 6.45) is 2.51. The predicted octanol–water partition coefficient (Wildman–Crippen LogP) is 3.66. The number of allylic oxidation sites excluding steroid dienone is 1. The second-order valence-corrected chi connectivity index (χ2v) is 5.18. The van der Waals surface area contributed by atoms with E-state index in [0.29, 0.717) is 11.3 Å². The third-order valence-corrected chi connectivity index (χ3v) is 3.58. The average Bonchev–Trinajstić information content (AvgIpc) is 2.88. The molecule has 2 aromatic rings. The van der Waals surface area contributed by atoms with E-state index in [0.717, 1.165) is 30.2 Å². The SMILES string of the molecule is CCCN1/C(=C(\C#N)c2ccnc(Cl)n2)Nc2ccccc21. The molecule has 1 aliphatic heterocycles. The van der Waals surface area contributed by atoms with Crippen LogP contribution in [0.4, 0.5) is 11.4 Å². The standard InChI is InChI=1S/C16H14ClN5/c1-2-9-22-14-6-4-3-5-13(14)20-15(22)11(10-18)12-7-8-19-16(17)21-12/h3-8,20H,2,9H2,1H3/b15-11+. The third kappa shape index (κ3) is 2.49. The van der Waals surface area contributed by atoms with Gasteiger partial charge < -0.3 is 10.2 Å². The predicted molar refractivity (Wildman–Crippen MR) is 87.3 cm³/mol. The van der Waals surface area contributed by atoms with Gasteiger partial charge >= 0.3 is 0 Å². The van der Waals surface area contributed by atoms with Crippen molar-refractivity contribution in [2.75, 3.05) is 16.8 Å². The zero-order valence-corrected chi connectivity index (χ0v) is 12.8. The van der Waals surface area contributed by atoms with E-state index in [2.05, 4.69) is 33.2 Å². The molecule has 0 fully saturated rings. The van der Waals surface area contributed by atoms with E-state index in [-0.39, 0.29) is 5.28 Å². The molecule has 0 radical (unpaired) electrons. The van der Waals surface area contributed by atoms with Crippen LogP contribution in [0, 0.1) is 11.3 Å². The van der Waals surface area contributed by atoms with Gasteiger partial charge in [0.25, 0.3) is 0 Å². The van der Waals surface area contributed by atoms with Gasteiger partial charge in [-0.15, -0.1) is 0 Å². The molecular weight excluding hydrogens is 298 g/mol. The van der Waals surface area contributed by atoms with Crippen molar-refractivity contribution in [1.29, 1.82) is 5.26 Å². The molecule has 2 heterocycles. The summed E-state index contributed by atoms with van der Waals surface area (Å²) in [7, 11) is 0. The summed E-state index contributed by atoms with van der Waals surface area (Å²) >= 11 is 5.85. The summed E-state index contributed by atoms with van der Waals surface area (Å²) in [5.74, 6) is 0.736. The molecule has 0 aliphatic carbocycles. The van der Waals surface area contributed by atoms with E-state index >= 15 is 0 Å². The van der Waals surface area contributed by atoms with E-state index in [1.807, 2.05) is 24.3 Å². The van der Waals surface area contributed by atoms with Gasteiger partial charge in [0.2, 0.25) is 5.28 Å². The number of nitrogens with zero attached hydrogens (tertiary/aromatic N) is 4. The molecule has 0 saturated carbocycles. The van der Waals surface area contributed by atoms with Gasteiger partial charge in [0.1, 0.15) is 17.5 Å². The molecule has 0 unspecified atom stereocenters. The molecular formula is C16H14ClN5. The first-order valence-electron chi connectivity index (χ1n) is 7.01. The molecule has 1 N–H and O–H groups in total. The van der Waals surface area contributed by atoms with Gasteiger partial charge in [-0.05, 0) is 36.2 Å². The van der Waals surface area contributed by atoms with Crippen molar-refractivity contribution < 1.29 is 0 Å². The van der Waals surface area contributed by atoms with Crippen LogP contribution in [0.1, 0.15) is 19.0 Å². The van der Waals surface area contributed by atoms with Crippen LogP contribution in [-0.4, -0.2) is 16.5 Å². The maximum atomic E-state index is 9.62. The maximum absolute atomic E-state index is 9.62. The Morgan fingerprint density at radius 2 is 2.18 bits per heavy atom. The van der Waals surface area contributed by atoms with Crippen LogP contribution in [0.5, 0.6) is 0 Å². The van der Waals surface area contributed by atoms with Gasteiger partial charge in [-0.3, -0.25) is 0 Å². The Hall–Kier alpha value is -2.58. The first-order chi connectivity index (χ1) is 10.7. The molecule has 3 rings (SSSR count). The zero-order chi connectivity index (χ0) is 15.5. The van der Waals surface area contributed by atoms with Gasteiger partial charge in [0, 0.05) is 12.7 Å². The second kappa shape index (κ2) is 6.04.